The molecule has 1 heterocycles. The molecule has 0 aliphatic rings. The second kappa shape index (κ2) is 7.96. The van der Waals surface area contributed by atoms with Gasteiger partial charge in [0.25, 0.3) is 0 Å². The van der Waals surface area contributed by atoms with Crippen molar-refractivity contribution in [1.82, 2.24) is 14.8 Å². The summed E-state index contributed by atoms with van der Waals surface area (Å²) in [7, 11) is 1.93. The Hall–Kier alpha value is -2.60. The highest BCUT2D eigenvalue weighted by atomic mass is 32.2. The topological polar surface area (TPSA) is 59.8 Å². The zero-order chi connectivity index (χ0) is 19.6. The van der Waals surface area contributed by atoms with Crippen molar-refractivity contribution in [3.05, 3.63) is 58.7 Å². The van der Waals surface area contributed by atoms with E-state index in [0.29, 0.717) is 0 Å². The largest absolute Gasteiger partial charge is 0.325 e. The molecule has 3 rings (SSSR count). The highest BCUT2D eigenvalue weighted by Gasteiger charge is 2.15. The first-order chi connectivity index (χ1) is 12.9. The number of thioether (sulfide) groups is 1. The van der Waals surface area contributed by atoms with Crippen molar-refractivity contribution >= 4 is 23.4 Å². The average Bonchev–Trinajstić information content (AvgIpc) is 2.97. The van der Waals surface area contributed by atoms with Gasteiger partial charge in [-0.3, -0.25) is 4.79 Å². The second-order valence-corrected chi connectivity index (χ2v) is 7.73. The Bertz CT molecular complexity index is 971. The fourth-order valence-electron chi connectivity index (χ4n) is 3.18. The molecular formula is C21H24N4OS. The first kappa shape index (κ1) is 19.2. The van der Waals surface area contributed by atoms with Gasteiger partial charge in [0, 0.05) is 18.3 Å². The molecule has 3 aromatic rings. The van der Waals surface area contributed by atoms with E-state index in [9.17, 15) is 4.79 Å². The van der Waals surface area contributed by atoms with Crippen LogP contribution < -0.4 is 5.32 Å². The summed E-state index contributed by atoms with van der Waals surface area (Å²) < 4.78 is 1.93. The number of rotatable bonds is 5. The van der Waals surface area contributed by atoms with Gasteiger partial charge in [-0.25, -0.2) is 0 Å². The molecular weight excluding hydrogens is 356 g/mol. The van der Waals surface area contributed by atoms with E-state index in [-0.39, 0.29) is 11.7 Å². The number of anilines is 1. The molecule has 140 valence electrons. The van der Waals surface area contributed by atoms with Gasteiger partial charge in [0.15, 0.2) is 11.0 Å². The van der Waals surface area contributed by atoms with E-state index in [1.807, 2.05) is 43.7 Å². The summed E-state index contributed by atoms with van der Waals surface area (Å²) in [6.07, 6.45) is 0. The highest BCUT2D eigenvalue weighted by molar-refractivity contribution is 7.99. The molecule has 0 unspecified atom stereocenters. The monoisotopic (exact) mass is 380 g/mol. The van der Waals surface area contributed by atoms with Crippen molar-refractivity contribution in [2.45, 2.75) is 32.9 Å². The normalized spacial score (nSPS) is 10.9. The van der Waals surface area contributed by atoms with Crippen LogP contribution in [0.5, 0.6) is 0 Å². The zero-order valence-corrected chi connectivity index (χ0v) is 17.1. The summed E-state index contributed by atoms with van der Waals surface area (Å²) in [6, 6.07) is 12.2. The quantitative estimate of drug-likeness (QED) is 0.665. The molecule has 0 saturated carbocycles. The van der Waals surface area contributed by atoms with Gasteiger partial charge >= 0.3 is 0 Å². The molecule has 6 heteroatoms. The standard InChI is InChI=1S/C21H24N4OS/c1-13-10-15(3)19(16(4)11-13)22-18(26)12-27-21-24-23-20(25(21)5)17-9-7-6-8-14(17)2/h6-11H,12H2,1-5H3,(H,22,26). The Morgan fingerprint density at radius 1 is 1.04 bits per heavy atom. The van der Waals surface area contributed by atoms with Crippen molar-refractivity contribution in [3.63, 3.8) is 0 Å². The van der Waals surface area contributed by atoms with E-state index in [1.54, 1.807) is 0 Å². The maximum Gasteiger partial charge on any atom is 0.234 e. The van der Waals surface area contributed by atoms with Crippen LogP contribution in [0.4, 0.5) is 5.69 Å². The molecule has 1 aromatic heterocycles. The van der Waals surface area contributed by atoms with Gasteiger partial charge in [-0.2, -0.15) is 0 Å². The number of carbonyl (C=O) groups is 1. The lowest BCUT2D eigenvalue weighted by molar-refractivity contribution is -0.113. The van der Waals surface area contributed by atoms with Crippen molar-refractivity contribution in [1.29, 1.82) is 0 Å². The molecule has 2 aromatic carbocycles. The van der Waals surface area contributed by atoms with Gasteiger partial charge in [-0.1, -0.05) is 53.7 Å². The van der Waals surface area contributed by atoms with E-state index < -0.39 is 0 Å². The predicted molar refractivity (Wildman–Crippen MR) is 111 cm³/mol. The minimum absolute atomic E-state index is 0.0458. The third-order valence-electron chi connectivity index (χ3n) is 4.49. The number of benzene rings is 2. The van der Waals surface area contributed by atoms with E-state index in [1.165, 1.54) is 17.3 Å². The molecule has 5 nitrogen and oxygen atoms in total. The van der Waals surface area contributed by atoms with Crippen LogP contribution in [-0.4, -0.2) is 26.4 Å². The lowest BCUT2D eigenvalue weighted by Gasteiger charge is -2.12. The Balaban J connectivity index is 1.69. The third-order valence-corrected chi connectivity index (χ3v) is 5.51. The fourth-order valence-corrected chi connectivity index (χ4v) is 3.89. The summed E-state index contributed by atoms with van der Waals surface area (Å²) in [5, 5.41) is 12.3. The van der Waals surface area contributed by atoms with Crippen LogP contribution in [0, 0.1) is 27.7 Å². The van der Waals surface area contributed by atoms with E-state index in [2.05, 4.69) is 47.6 Å². The van der Waals surface area contributed by atoms with Crippen LogP contribution in [0.1, 0.15) is 22.3 Å². The van der Waals surface area contributed by atoms with Gasteiger partial charge < -0.3 is 9.88 Å². The molecule has 1 amide bonds. The van der Waals surface area contributed by atoms with E-state index in [4.69, 9.17) is 0 Å². The average molecular weight is 381 g/mol. The predicted octanol–water partition coefficient (Wildman–Crippen LogP) is 4.45. The third kappa shape index (κ3) is 4.22. The SMILES string of the molecule is Cc1cc(C)c(NC(=O)CSc2nnc(-c3ccccc3C)n2C)c(C)c1. The van der Waals surface area contributed by atoms with E-state index >= 15 is 0 Å². The molecule has 27 heavy (non-hydrogen) atoms. The van der Waals surface area contributed by atoms with Gasteiger partial charge in [0.05, 0.1) is 5.75 Å². The summed E-state index contributed by atoms with van der Waals surface area (Å²) >= 11 is 1.39. The zero-order valence-electron chi connectivity index (χ0n) is 16.3. The maximum atomic E-state index is 12.4. The van der Waals surface area contributed by atoms with Crippen molar-refractivity contribution in [3.8, 4) is 11.4 Å². The highest BCUT2D eigenvalue weighted by Crippen LogP contribution is 2.26. The van der Waals surface area contributed by atoms with Crippen LogP contribution in [0.15, 0.2) is 41.6 Å². The second-order valence-electron chi connectivity index (χ2n) is 6.79. The molecule has 0 bridgehead atoms. The van der Waals surface area contributed by atoms with E-state index in [0.717, 1.165) is 38.9 Å². The number of aromatic nitrogens is 3. The minimum Gasteiger partial charge on any atom is -0.325 e. The van der Waals surface area contributed by atoms with Crippen LogP contribution in [-0.2, 0) is 11.8 Å². The summed E-state index contributed by atoms with van der Waals surface area (Å²) in [6.45, 7) is 8.14. The van der Waals surface area contributed by atoms with Crippen molar-refractivity contribution in [2.75, 3.05) is 11.1 Å². The Labute approximate surface area is 164 Å². The first-order valence-corrected chi connectivity index (χ1v) is 9.81. The van der Waals surface area contributed by atoms with Crippen LogP contribution in [0.25, 0.3) is 11.4 Å². The number of carbonyl (C=O) groups excluding carboxylic acids is 1. The minimum atomic E-state index is -0.0458. The van der Waals surface area contributed by atoms with Crippen molar-refractivity contribution in [2.24, 2.45) is 7.05 Å². The molecule has 0 saturated heterocycles. The maximum absolute atomic E-state index is 12.4. The van der Waals surface area contributed by atoms with Gasteiger partial charge in [-0.05, 0) is 44.4 Å². The van der Waals surface area contributed by atoms with Crippen LogP contribution in [0.3, 0.4) is 0 Å². The summed E-state index contributed by atoms with van der Waals surface area (Å²) in [5.74, 6) is 1.05. The number of nitrogens with zero attached hydrogens (tertiary/aromatic N) is 3. The summed E-state index contributed by atoms with van der Waals surface area (Å²) in [5.41, 5.74) is 6.44. The molecule has 0 fully saturated rings. The van der Waals surface area contributed by atoms with Crippen LogP contribution in [0.2, 0.25) is 0 Å². The number of amides is 1. The smallest absolute Gasteiger partial charge is 0.234 e. The number of hydrogen-bond donors (Lipinski definition) is 1. The Morgan fingerprint density at radius 2 is 1.70 bits per heavy atom. The summed E-state index contributed by atoms with van der Waals surface area (Å²) in [4.78, 5) is 12.4. The van der Waals surface area contributed by atoms with Crippen molar-refractivity contribution < 1.29 is 4.79 Å². The molecule has 1 N–H and O–H groups in total. The van der Waals surface area contributed by atoms with Gasteiger partial charge in [0.1, 0.15) is 0 Å². The molecule has 0 radical (unpaired) electrons. The molecule has 0 atom stereocenters. The lowest BCUT2D eigenvalue weighted by Crippen LogP contribution is -2.16. The number of hydrogen-bond acceptors (Lipinski definition) is 4. The molecule has 0 aliphatic heterocycles. The van der Waals surface area contributed by atoms with Gasteiger partial charge in [0.2, 0.25) is 5.91 Å². The number of nitrogens with one attached hydrogen (secondary N) is 1. The Morgan fingerprint density at radius 3 is 2.37 bits per heavy atom. The first-order valence-electron chi connectivity index (χ1n) is 8.82. The Kier molecular flexibility index (Phi) is 5.65. The number of aryl methyl sites for hydroxylation is 4. The van der Waals surface area contributed by atoms with Gasteiger partial charge in [-0.15, -0.1) is 10.2 Å². The molecule has 0 spiro atoms. The van der Waals surface area contributed by atoms with Crippen LogP contribution >= 0.6 is 11.8 Å². The molecule has 0 aliphatic carbocycles. The fraction of sp³-hybridized carbons (Fsp3) is 0.286. The lowest BCUT2D eigenvalue weighted by atomic mass is 10.1.